The van der Waals surface area contributed by atoms with Crippen molar-refractivity contribution in [2.45, 2.75) is 5.25 Å². The van der Waals surface area contributed by atoms with E-state index < -0.39 is 0 Å². The van der Waals surface area contributed by atoms with E-state index in [9.17, 15) is 9.81 Å². The maximum atomic E-state index is 9.62. The van der Waals surface area contributed by atoms with Crippen LogP contribution < -0.4 is 0 Å². The Morgan fingerprint density at radius 2 is 2.10 bits per heavy atom. The lowest BCUT2D eigenvalue weighted by atomic mass is 10.5. The summed E-state index contributed by atoms with van der Waals surface area (Å²) in [6.07, 6.45) is 0. The molecule has 0 aromatic carbocycles. The average molecular weight is 182 g/mol. The molecular formula is C3H6N2O3S2. The fourth-order valence-electron chi connectivity index (χ4n) is 0.291. The van der Waals surface area contributed by atoms with Gasteiger partial charge in [0.05, 0.1) is 11.9 Å². The number of rotatable bonds is 6. The molecule has 0 radical (unpaired) electrons. The van der Waals surface area contributed by atoms with Gasteiger partial charge in [-0.15, -0.1) is 9.81 Å². The fraction of sp³-hybridized carbons (Fsp3) is 1.00. The number of hydrogen-bond donors (Lipinski definition) is 1. The van der Waals surface area contributed by atoms with Gasteiger partial charge in [0.1, 0.15) is 0 Å². The summed E-state index contributed by atoms with van der Waals surface area (Å²) >= 11 is 1.49. The molecule has 0 amide bonds. The third-order valence-corrected chi connectivity index (χ3v) is 2.28. The molecule has 0 aliphatic heterocycles. The molecule has 1 unspecified atom stereocenters. The molecular weight excluding hydrogens is 176 g/mol. The highest BCUT2D eigenvalue weighted by atomic mass is 32.2. The summed E-state index contributed by atoms with van der Waals surface area (Å²) in [6.45, 7) is -0.168. The zero-order valence-corrected chi connectivity index (χ0v) is 6.60. The van der Waals surface area contributed by atoms with Crippen LogP contribution in [0.1, 0.15) is 0 Å². The minimum Gasteiger partial charge on any atom is -0.395 e. The van der Waals surface area contributed by atoms with Crippen molar-refractivity contribution in [2.24, 2.45) is 9.16 Å². The minimum absolute atomic E-state index is 0.168. The van der Waals surface area contributed by atoms with Crippen LogP contribution in [0.4, 0.5) is 0 Å². The Morgan fingerprint density at radius 1 is 1.40 bits per heavy atom. The summed E-state index contributed by atoms with van der Waals surface area (Å²) in [5.74, 6) is 0.316. The fourth-order valence-corrected chi connectivity index (χ4v) is 1.24. The van der Waals surface area contributed by atoms with Gasteiger partial charge in [0.2, 0.25) is 0 Å². The van der Waals surface area contributed by atoms with Crippen LogP contribution in [0.3, 0.4) is 0 Å². The molecule has 5 nitrogen and oxygen atoms in total. The van der Waals surface area contributed by atoms with E-state index in [1.165, 1.54) is 0 Å². The summed E-state index contributed by atoms with van der Waals surface area (Å²) in [7, 11) is 0. The molecule has 0 aliphatic carbocycles. The van der Waals surface area contributed by atoms with Crippen molar-refractivity contribution in [3.8, 4) is 0 Å². The van der Waals surface area contributed by atoms with Crippen molar-refractivity contribution < 1.29 is 5.11 Å². The van der Waals surface area contributed by atoms with Crippen LogP contribution in [0, 0.1) is 9.81 Å². The van der Waals surface area contributed by atoms with E-state index in [0.29, 0.717) is 17.7 Å². The predicted octanol–water partition coefficient (Wildman–Crippen LogP) is 1.18. The van der Waals surface area contributed by atoms with Gasteiger partial charge in [0.25, 0.3) is 0 Å². The van der Waals surface area contributed by atoms with Crippen LogP contribution in [0.25, 0.3) is 0 Å². The molecule has 58 valence electrons. The van der Waals surface area contributed by atoms with Crippen molar-refractivity contribution in [3.05, 3.63) is 9.81 Å². The lowest BCUT2D eigenvalue weighted by molar-refractivity contribution is 0.301. The third kappa shape index (κ3) is 4.71. The number of aliphatic hydroxyl groups excluding tert-OH is 1. The first kappa shape index (κ1) is 9.86. The number of nitrogens with zero attached hydrogens (tertiary/aromatic N) is 2. The first-order chi connectivity index (χ1) is 4.85. The minimum atomic E-state index is -0.319. The van der Waals surface area contributed by atoms with Crippen molar-refractivity contribution >= 4 is 23.9 Å². The van der Waals surface area contributed by atoms with Crippen molar-refractivity contribution in [3.63, 3.8) is 0 Å². The Labute approximate surface area is 66.2 Å². The van der Waals surface area contributed by atoms with Crippen LogP contribution >= 0.6 is 23.9 Å². The van der Waals surface area contributed by atoms with Crippen molar-refractivity contribution in [1.82, 2.24) is 0 Å². The SMILES string of the molecule is O=NSCC(CO)SN=O. The van der Waals surface area contributed by atoms with Crippen molar-refractivity contribution in [1.29, 1.82) is 0 Å². The Bertz CT molecular complexity index is 112. The summed E-state index contributed by atoms with van der Waals surface area (Å²) in [6, 6.07) is 0. The van der Waals surface area contributed by atoms with E-state index in [1.54, 1.807) is 0 Å². The highest BCUT2D eigenvalue weighted by Crippen LogP contribution is 2.16. The van der Waals surface area contributed by atoms with Crippen LogP contribution in [-0.2, 0) is 0 Å². The quantitative estimate of drug-likeness (QED) is 0.492. The second kappa shape index (κ2) is 6.97. The molecule has 1 N–H and O–H groups in total. The van der Waals surface area contributed by atoms with E-state index >= 15 is 0 Å². The summed E-state index contributed by atoms with van der Waals surface area (Å²) in [5, 5.41) is 8.19. The van der Waals surface area contributed by atoms with Gasteiger partial charge in [-0.3, -0.25) is 0 Å². The number of aliphatic hydroxyl groups is 1. The van der Waals surface area contributed by atoms with E-state index in [-0.39, 0.29) is 11.9 Å². The first-order valence-corrected chi connectivity index (χ1v) is 4.17. The van der Waals surface area contributed by atoms with Gasteiger partial charge in [-0.05, 0) is 0 Å². The van der Waals surface area contributed by atoms with Gasteiger partial charge >= 0.3 is 0 Å². The average Bonchev–Trinajstić information content (AvgIpc) is 1.98. The van der Waals surface area contributed by atoms with Crippen LogP contribution in [-0.4, -0.2) is 22.7 Å². The molecule has 7 heteroatoms. The lowest BCUT2D eigenvalue weighted by Gasteiger charge is -2.02. The standard InChI is InChI=1S/C3H6N2O3S2/c6-1-3(10-5-8)2-9-4-7/h3,6H,1-2H2. The molecule has 0 spiro atoms. The second-order valence-corrected chi connectivity index (χ2v) is 3.12. The van der Waals surface area contributed by atoms with Gasteiger partial charge in [-0.25, -0.2) is 0 Å². The second-order valence-electron chi connectivity index (χ2n) is 1.35. The van der Waals surface area contributed by atoms with Gasteiger partial charge in [-0.2, -0.15) is 0 Å². The number of hydrogen-bond acceptors (Lipinski definition) is 7. The van der Waals surface area contributed by atoms with Crippen molar-refractivity contribution in [2.75, 3.05) is 12.4 Å². The van der Waals surface area contributed by atoms with Crippen LogP contribution in [0.2, 0.25) is 0 Å². The molecule has 0 aromatic heterocycles. The molecule has 10 heavy (non-hydrogen) atoms. The zero-order valence-electron chi connectivity index (χ0n) is 4.97. The Balaban J connectivity index is 3.38. The van der Waals surface area contributed by atoms with Gasteiger partial charge in [0, 0.05) is 38.8 Å². The zero-order chi connectivity index (χ0) is 7.82. The molecule has 0 saturated heterocycles. The normalized spacial score (nSPS) is 12.5. The molecule has 0 saturated carbocycles. The largest absolute Gasteiger partial charge is 0.395 e. The highest BCUT2D eigenvalue weighted by Gasteiger charge is 2.08. The molecule has 0 rings (SSSR count). The maximum Gasteiger partial charge on any atom is 0.0641 e. The van der Waals surface area contributed by atoms with E-state index in [1.807, 2.05) is 0 Å². The van der Waals surface area contributed by atoms with E-state index in [4.69, 9.17) is 5.11 Å². The maximum absolute atomic E-state index is 9.62. The topological polar surface area (TPSA) is 79.1 Å². The Morgan fingerprint density at radius 3 is 2.50 bits per heavy atom. The first-order valence-electron chi connectivity index (χ1n) is 2.39. The molecule has 0 aliphatic rings. The van der Waals surface area contributed by atoms with Crippen LogP contribution in [0.15, 0.2) is 9.16 Å². The molecule has 0 fully saturated rings. The number of nitroso groups, excluding NO2 is 2. The third-order valence-electron chi connectivity index (χ3n) is 0.709. The Kier molecular flexibility index (Phi) is 6.88. The van der Waals surface area contributed by atoms with E-state index in [0.717, 1.165) is 11.9 Å². The predicted molar refractivity (Wildman–Crippen MR) is 42.5 cm³/mol. The Hall–Kier alpha value is -0.140. The molecule has 0 bridgehead atoms. The molecule has 0 heterocycles. The van der Waals surface area contributed by atoms with E-state index in [2.05, 4.69) is 9.16 Å². The van der Waals surface area contributed by atoms with Gasteiger partial charge < -0.3 is 5.11 Å². The summed E-state index contributed by atoms with van der Waals surface area (Å²) < 4.78 is 5.01. The summed E-state index contributed by atoms with van der Waals surface area (Å²) in [5.41, 5.74) is 0. The van der Waals surface area contributed by atoms with Crippen LogP contribution in [0.5, 0.6) is 0 Å². The smallest absolute Gasteiger partial charge is 0.0641 e. The van der Waals surface area contributed by atoms with Gasteiger partial charge in [0.15, 0.2) is 0 Å². The monoisotopic (exact) mass is 182 g/mol. The summed E-state index contributed by atoms with van der Waals surface area (Å²) in [4.78, 5) is 19.2. The lowest BCUT2D eigenvalue weighted by Crippen LogP contribution is -2.09. The molecule has 1 atom stereocenters. The highest BCUT2D eigenvalue weighted by molar-refractivity contribution is 8.02. The van der Waals surface area contributed by atoms with Gasteiger partial charge in [-0.1, -0.05) is 0 Å². The molecule has 0 aromatic rings.